The molecule has 0 fully saturated rings. The van der Waals surface area contributed by atoms with Gasteiger partial charge in [0.15, 0.2) is 0 Å². The second kappa shape index (κ2) is 7.26. The summed E-state index contributed by atoms with van der Waals surface area (Å²) in [6.07, 6.45) is 0. The SMILES string of the molecule is O=[N+]([O-])c1ccc(-c2ccccc2)cc1-c1ccc(-c2ccccc2)cc1. The summed E-state index contributed by atoms with van der Waals surface area (Å²) in [5, 5.41) is 11.5. The molecule has 0 N–H and O–H groups in total. The first kappa shape index (κ1) is 16.7. The molecule has 3 nitrogen and oxygen atoms in total. The Balaban J connectivity index is 1.78. The fourth-order valence-corrected chi connectivity index (χ4v) is 3.21. The minimum Gasteiger partial charge on any atom is -0.258 e. The highest BCUT2D eigenvalue weighted by molar-refractivity contribution is 5.81. The summed E-state index contributed by atoms with van der Waals surface area (Å²) in [6, 6.07) is 33.1. The number of nitrogens with zero attached hydrogens (tertiary/aromatic N) is 1. The third-order valence-corrected chi connectivity index (χ3v) is 4.60. The van der Waals surface area contributed by atoms with Crippen LogP contribution in [0.4, 0.5) is 5.69 Å². The number of hydrogen-bond acceptors (Lipinski definition) is 2. The molecule has 0 amide bonds. The molecule has 0 aliphatic heterocycles. The minimum absolute atomic E-state index is 0.113. The van der Waals surface area contributed by atoms with Crippen LogP contribution in [0.15, 0.2) is 103 Å². The normalized spacial score (nSPS) is 10.5. The third kappa shape index (κ3) is 3.48. The highest BCUT2D eigenvalue weighted by Gasteiger charge is 2.16. The van der Waals surface area contributed by atoms with E-state index in [2.05, 4.69) is 0 Å². The van der Waals surface area contributed by atoms with Gasteiger partial charge in [0.1, 0.15) is 0 Å². The first-order valence-electron chi connectivity index (χ1n) is 8.72. The van der Waals surface area contributed by atoms with Crippen LogP contribution < -0.4 is 0 Å². The average Bonchev–Trinajstić information content (AvgIpc) is 2.74. The average molecular weight is 351 g/mol. The zero-order chi connectivity index (χ0) is 18.6. The van der Waals surface area contributed by atoms with Gasteiger partial charge in [0, 0.05) is 6.07 Å². The second-order valence-corrected chi connectivity index (χ2v) is 6.30. The molecule has 4 rings (SSSR count). The Kier molecular flexibility index (Phi) is 4.50. The Hall–Kier alpha value is -3.72. The molecule has 0 saturated heterocycles. The van der Waals surface area contributed by atoms with Crippen molar-refractivity contribution in [2.75, 3.05) is 0 Å². The lowest BCUT2D eigenvalue weighted by molar-refractivity contribution is -0.384. The molecular weight excluding hydrogens is 334 g/mol. The van der Waals surface area contributed by atoms with Crippen LogP contribution in [0.5, 0.6) is 0 Å². The second-order valence-electron chi connectivity index (χ2n) is 6.30. The van der Waals surface area contributed by atoms with Gasteiger partial charge in [-0.05, 0) is 39.9 Å². The minimum atomic E-state index is -0.324. The third-order valence-electron chi connectivity index (χ3n) is 4.60. The van der Waals surface area contributed by atoms with Crippen molar-refractivity contribution in [1.82, 2.24) is 0 Å². The number of hydrogen-bond donors (Lipinski definition) is 0. The fraction of sp³-hybridized carbons (Fsp3) is 0. The summed E-state index contributed by atoms with van der Waals surface area (Å²) in [6.45, 7) is 0. The fourth-order valence-electron chi connectivity index (χ4n) is 3.21. The maximum atomic E-state index is 11.5. The van der Waals surface area contributed by atoms with Gasteiger partial charge < -0.3 is 0 Å². The molecule has 130 valence electrons. The molecule has 0 bridgehead atoms. The van der Waals surface area contributed by atoms with E-state index >= 15 is 0 Å². The summed E-state index contributed by atoms with van der Waals surface area (Å²) in [7, 11) is 0. The van der Waals surface area contributed by atoms with Crippen LogP contribution in [0.2, 0.25) is 0 Å². The largest absolute Gasteiger partial charge is 0.277 e. The molecule has 4 aromatic rings. The summed E-state index contributed by atoms with van der Waals surface area (Å²) in [5.74, 6) is 0. The smallest absolute Gasteiger partial charge is 0.258 e. The van der Waals surface area contributed by atoms with Crippen LogP contribution in [0, 0.1) is 10.1 Å². The van der Waals surface area contributed by atoms with Crippen LogP contribution in [-0.2, 0) is 0 Å². The van der Waals surface area contributed by atoms with Crippen molar-refractivity contribution in [3.05, 3.63) is 113 Å². The maximum absolute atomic E-state index is 11.5. The van der Waals surface area contributed by atoms with Gasteiger partial charge in [0.25, 0.3) is 5.69 Å². The molecule has 0 aliphatic rings. The lowest BCUT2D eigenvalue weighted by Crippen LogP contribution is -1.93. The number of rotatable bonds is 4. The summed E-state index contributed by atoms with van der Waals surface area (Å²) >= 11 is 0. The van der Waals surface area contributed by atoms with E-state index in [1.807, 2.05) is 91.0 Å². The van der Waals surface area contributed by atoms with Crippen LogP contribution in [0.25, 0.3) is 33.4 Å². The number of nitro benzene ring substituents is 1. The van der Waals surface area contributed by atoms with Crippen molar-refractivity contribution in [3.8, 4) is 33.4 Å². The highest BCUT2D eigenvalue weighted by atomic mass is 16.6. The standard InChI is InChI=1S/C24H17NO2/c26-25(27)24-16-15-22(19-9-5-2-6-10-19)17-23(24)21-13-11-20(12-14-21)18-7-3-1-4-8-18/h1-17H. The first-order chi connectivity index (χ1) is 13.2. The van der Waals surface area contributed by atoms with E-state index in [0.29, 0.717) is 5.56 Å². The van der Waals surface area contributed by atoms with Gasteiger partial charge in [-0.25, -0.2) is 0 Å². The molecule has 27 heavy (non-hydrogen) atoms. The topological polar surface area (TPSA) is 43.1 Å². The number of nitro groups is 1. The Morgan fingerprint density at radius 3 is 1.52 bits per heavy atom. The van der Waals surface area contributed by atoms with E-state index in [-0.39, 0.29) is 10.6 Å². The van der Waals surface area contributed by atoms with Crippen molar-refractivity contribution in [2.24, 2.45) is 0 Å². The monoisotopic (exact) mass is 351 g/mol. The van der Waals surface area contributed by atoms with Crippen LogP contribution >= 0.6 is 0 Å². The predicted octanol–water partition coefficient (Wildman–Crippen LogP) is 6.60. The van der Waals surface area contributed by atoms with Crippen LogP contribution in [-0.4, -0.2) is 4.92 Å². The lowest BCUT2D eigenvalue weighted by Gasteiger charge is -2.09. The Morgan fingerprint density at radius 2 is 0.963 bits per heavy atom. The van der Waals surface area contributed by atoms with Crippen molar-refractivity contribution in [1.29, 1.82) is 0 Å². The molecule has 0 aliphatic carbocycles. The zero-order valence-electron chi connectivity index (χ0n) is 14.6. The molecular formula is C24H17NO2. The maximum Gasteiger partial charge on any atom is 0.277 e. The van der Waals surface area contributed by atoms with Gasteiger partial charge in [0.05, 0.1) is 10.5 Å². The quantitative estimate of drug-likeness (QED) is 0.307. The Bertz CT molecular complexity index is 1070. The van der Waals surface area contributed by atoms with Gasteiger partial charge in [-0.1, -0.05) is 84.9 Å². The molecule has 0 unspecified atom stereocenters. The molecule has 0 saturated carbocycles. The summed E-state index contributed by atoms with van der Waals surface area (Å²) in [5.41, 5.74) is 5.78. The van der Waals surface area contributed by atoms with Crippen LogP contribution in [0.3, 0.4) is 0 Å². The Labute approximate surface area is 157 Å². The molecule has 0 spiro atoms. The summed E-state index contributed by atoms with van der Waals surface area (Å²) < 4.78 is 0. The van der Waals surface area contributed by atoms with Gasteiger partial charge in [-0.3, -0.25) is 10.1 Å². The van der Waals surface area contributed by atoms with Crippen molar-refractivity contribution in [2.45, 2.75) is 0 Å². The van der Waals surface area contributed by atoms with Gasteiger partial charge in [-0.2, -0.15) is 0 Å². The van der Waals surface area contributed by atoms with E-state index in [1.54, 1.807) is 12.1 Å². The van der Waals surface area contributed by atoms with Gasteiger partial charge >= 0.3 is 0 Å². The van der Waals surface area contributed by atoms with E-state index in [4.69, 9.17) is 0 Å². The molecule has 3 heteroatoms. The molecule has 0 heterocycles. The lowest BCUT2D eigenvalue weighted by atomic mass is 9.96. The molecule has 0 aromatic heterocycles. The van der Waals surface area contributed by atoms with Gasteiger partial charge in [-0.15, -0.1) is 0 Å². The zero-order valence-corrected chi connectivity index (χ0v) is 14.6. The predicted molar refractivity (Wildman–Crippen MR) is 109 cm³/mol. The van der Waals surface area contributed by atoms with Crippen molar-refractivity contribution >= 4 is 5.69 Å². The van der Waals surface area contributed by atoms with E-state index < -0.39 is 0 Å². The highest BCUT2D eigenvalue weighted by Crippen LogP contribution is 2.35. The van der Waals surface area contributed by atoms with Crippen molar-refractivity contribution < 1.29 is 4.92 Å². The van der Waals surface area contributed by atoms with Gasteiger partial charge in [0.2, 0.25) is 0 Å². The summed E-state index contributed by atoms with van der Waals surface area (Å²) in [4.78, 5) is 11.2. The number of benzene rings is 4. The first-order valence-corrected chi connectivity index (χ1v) is 8.72. The van der Waals surface area contributed by atoms with Crippen LogP contribution in [0.1, 0.15) is 0 Å². The van der Waals surface area contributed by atoms with E-state index in [1.165, 1.54) is 0 Å². The van der Waals surface area contributed by atoms with Crippen molar-refractivity contribution in [3.63, 3.8) is 0 Å². The van der Waals surface area contributed by atoms with E-state index in [9.17, 15) is 10.1 Å². The molecule has 4 aromatic carbocycles. The van der Waals surface area contributed by atoms with E-state index in [0.717, 1.165) is 27.8 Å². The molecule has 0 atom stereocenters. The molecule has 0 radical (unpaired) electrons. The Morgan fingerprint density at radius 1 is 0.519 bits per heavy atom.